The quantitative estimate of drug-likeness (QED) is 0.786. The Morgan fingerprint density at radius 2 is 1.90 bits per heavy atom. The fourth-order valence-corrected chi connectivity index (χ4v) is 2.82. The molecule has 1 unspecified atom stereocenters. The molecular weight excluding hydrogens is 366 g/mol. The molecule has 106 valence electrons. The van der Waals surface area contributed by atoms with Gasteiger partial charge in [0.2, 0.25) is 0 Å². The Morgan fingerprint density at radius 3 is 2.55 bits per heavy atom. The van der Waals surface area contributed by atoms with E-state index >= 15 is 0 Å². The van der Waals surface area contributed by atoms with Crippen molar-refractivity contribution >= 4 is 44.8 Å². The Kier molecular flexibility index (Phi) is 5.27. The van der Waals surface area contributed by atoms with Gasteiger partial charge in [-0.3, -0.25) is 0 Å². The van der Waals surface area contributed by atoms with Gasteiger partial charge in [-0.15, -0.1) is 0 Å². The Morgan fingerprint density at radius 1 is 1.15 bits per heavy atom. The van der Waals surface area contributed by atoms with Crippen molar-refractivity contribution in [1.29, 1.82) is 0 Å². The number of nitrogens with one attached hydrogen (secondary N) is 1. The summed E-state index contributed by atoms with van der Waals surface area (Å²) in [5.41, 5.74) is 7.10. The van der Waals surface area contributed by atoms with Crippen LogP contribution in [0.5, 0.6) is 0 Å². The predicted octanol–water partition coefficient (Wildman–Crippen LogP) is 5.01. The van der Waals surface area contributed by atoms with Gasteiger partial charge >= 0.3 is 0 Å². The highest BCUT2D eigenvalue weighted by Gasteiger charge is 2.15. The summed E-state index contributed by atoms with van der Waals surface area (Å²) in [6, 6.07) is 9.40. The monoisotopic (exact) mass is 376 g/mol. The summed E-state index contributed by atoms with van der Waals surface area (Å²) in [5, 5.41) is 4.13. The van der Waals surface area contributed by atoms with Crippen molar-refractivity contribution < 1.29 is 4.39 Å². The van der Waals surface area contributed by atoms with Crippen LogP contribution in [-0.4, -0.2) is 6.54 Å². The van der Waals surface area contributed by atoms with Crippen molar-refractivity contribution in [2.24, 2.45) is 5.73 Å². The number of halogens is 4. The van der Waals surface area contributed by atoms with Gasteiger partial charge in [-0.1, -0.05) is 45.2 Å². The molecule has 6 heteroatoms. The second kappa shape index (κ2) is 6.76. The molecule has 0 amide bonds. The minimum absolute atomic E-state index is 0.255. The van der Waals surface area contributed by atoms with Crippen molar-refractivity contribution in [3.05, 3.63) is 62.3 Å². The molecule has 2 aromatic rings. The van der Waals surface area contributed by atoms with Gasteiger partial charge in [-0.2, -0.15) is 0 Å². The number of nitrogens with two attached hydrogens (primary N) is 1. The Balaban J connectivity index is 2.31. The van der Waals surface area contributed by atoms with E-state index in [4.69, 9.17) is 28.9 Å². The summed E-state index contributed by atoms with van der Waals surface area (Å²) in [4.78, 5) is 0. The van der Waals surface area contributed by atoms with E-state index in [0.717, 1.165) is 10.0 Å². The fraction of sp³-hybridized carbons (Fsp3) is 0.143. The molecule has 3 N–H and O–H groups in total. The maximum atomic E-state index is 13.3. The number of hydrogen-bond donors (Lipinski definition) is 2. The first-order valence-electron chi connectivity index (χ1n) is 5.88. The van der Waals surface area contributed by atoms with Gasteiger partial charge in [0.1, 0.15) is 5.82 Å². The summed E-state index contributed by atoms with van der Waals surface area (Å²) in [7, 11) is 0. The van der Waals surface area contributed by atoms with Crippen LogP contribution in [0, 0.1) is 5.82 Å². The maximum absolute atomic E-state index is 13.3. The standard InChI is InChI=1S/C14H12BrCl2FN2/c15-8-1-3-10(12(17)5-8)14(7-19)20-13-6-9(18)2-4-11(13)16/h1-6,14,20H,7,19H2. The normalized spacial score (nSPS) is 12.2. The predicted molar refractivity (Wildman–Crippen MR) is 86.0 cm³/mol. The fourth-order valence-electron chi connectivity index (χ4n) is 1.84. The Hall–Kier alpha value is -0.810. The van der Waals surface area contributed by atoms with Crippen molar-refractivity contribution in [3.8, 4) is 0 Å². The Labute approximate surface area is 135 Å². The minimum atomic E-state index is -0.366. The average Bonchev–Trinajstić information content (AvgIpc) is 2.40. The van der Waals surface area contributed by atoms with Gasteiger partial charge in [-0.25, -0.2) is 4.39 Å². The third kappa shape index (κ3) is 3.64. The molecule has 0 aliphatic heterocycles. The molecule has 2 nitrogen and oxygen atoms in total. The van der Waals surface area contributed by atoms with Crippen molar-refractivity contribution in [1.82, 2.24) is 0 Å². The lowest BCUT2D eigenvalue weighted by Crippen LogP contribution is -2.21. The van der Waals surface area contributed by atoms with Crippen molar-refractivity contribution in [2.45, 2.75) is 6.04 Å². The summed E-state index contributed by atoms with van der Waals surface area (Å²) in [6.07, 6.45) is 0. The van der Waals surface area contributed by atoms with Crippen LogP contribution >= 0.6 is 39.1 Å². The van der Waals surface area contributed by atoms with Gasteiger partial charge in [-0.05, 0) is 35.9 Å². The van der Waals surface area contributed by atoms with Crippen LogP contribution in [0.3, 0.4) is 0 Å². The molecule has 0 aromatic heterocycles. The topological polar surface area (TPSA) is 38.0 Å². The summed E-state index contributed by atoms with van der Waals surface area (Å²) >= 11 is 15.6. The van der Waals surface area contributed by atoms with E-state index in [0.29, 0.717) is 22.3 Å². The number of rotatable bonds is 4. The highest BCUT2D eigenvalue weighted by atomic mass is 79.9. The first-order chi connectivity index (χ1) is 9.51. The molecule has 0 saturated carbocycles. The zero-order valence-corrected chi connectivity index (χ0v) is 13.4. The third-order valence-corrected chi connectivity index (χ3v) is 3.98. The molecule has 0 aliphatic rings. The van der Waals surface area contributed by atoms with Crippen LogP contribution in [0.1, 0.15) is 11.6 Å². The lowest BCUT2D eigenvalue weighted by atomic mass is 10.1. The lowest BCUT2D eigenvalue weighted by Gasteiger charge is -2.20. The van der Waals surface area contributed by atoms with Gasteiger partial charge in [0.05, 0.1) is 16.8 Å². The molecule has 2 rings (SSSR count). The van der Waals surface area contributed by atoms with Crippen LogP contribution < -0.4 is 11.1 Å². The van der Waals surface area contributed by atoms with Crippen LogP contribution in [0.2, 0.25) is 10.0 Å². The molecule has 0 radical (unpaired) electrons. The number of benzene rings is 2. The van der Waals surface area contributed by atoms with E-state index in [1.54, 1.807) is 6.07 Å². The first kappa shape index (κ1) is 15.6. The third-order valence-electron chi connectivity index (χ3n) is 2.83. The van der Waals surface area contributed by atoms with E-state index in [2.05, 4.69) is 21.2 Å². The van der Waals surface area contributed by atoms with Crippen molar-refractivity contribution in [2.75, 3.05) is 11.9 Å². The number of hydrogen-bond acceptors (Lipinski definition) is 2. The van der Waals surface area contributed by atoms with Crippen LogP contribution in [-0.2, 0) is 0 Å². The molecule has 20 heavy (non-hydrogen) atoms. The Bertz CT molecular complexity index is 622. The highest BCUT2D eigenvalue weighted by Crippen LogP contribution is 2.31. The SMILES string of the molecule is NCC(Nc1cc(F)ccc1Cl)c1ccc(Br)cc1Cl. The van der Waals surface area contributed by atoms with Gasteiger partial charge < -0.3 is 11.1 Å². The van der Waals surface area contributed by atoms with E-state index < -0.39 is 0 Å². The summed E-state index contributed by atoms with van der Waals surface area (Å²) in [5.74, 6) is -0.366. The molecular formula is C14H12BrCl2FN2. The zero-order chi connectivity index (χ0) is 14.7. The van der Waals surface area contributed by atoms with E-state index in [-0.39, 0.29) is 11.9 Å². The second-order valence-electron chi connectivity index (χ2n) is 4.22. The smallest absolute Gasteiger partial charge is 0.125 e. The molecule has 1 atom stereocenters. The zero-order valence-electron chi connectivity index (χ0n) is 10.3. The highest BCUT2D eigenvalue weighted by molar-refractivity contribution is 9.10. The van der Waals surface area contributed by atoms with Crippen LogP contribution in [0.15, 0.2) is 40.9 Å². The molecule has 0 fully saturated rings. The molecule has 0 heterocycles. The van der Waals surface area contributed by atoms with Crippen LogP contribution in [0.25, 0.3) is 0 Å². The van der Waals surface area contributed by atoms with Gasteiger partial charge in [0.25, 0.3) is 0 Å². The second-order valence-corrected chi connectivity index (χ2v) is 5.95. The maximum Gasteiger partial charge on any atom is 0.125 e. The van der Waals surface area contributed by atoms with Gasteiger partial charge in [0, 0.05) is 16.0 Å². The lowest BCUT2D eigenvalue weighted by molar-refractivity contribution is 0.627. The molecule has 0 spiro atoms. The number of anilines is 1. The van der Waals surface area contributed by atoms with E-state index in [1.807, 2.05) is 12.1 Å². The largest absolute Gasteiger partial charge is 0.376 e. The summed E-state index contributed by atoms with van der Waals surface area (Å²) in [6.45, 7) is 0.300. The molecule has 0 saturated heterocycles. The molecule has 0 bridgehead atoms. The molecule has 2 aromatic carbocycles. The van der Waals surface area contributed by atoms with E-state index in [9.17, 15) is 4.39 Å². The average molecular weight is 378 g/mol. The first-order valence-corrected chi connectivity index (χ1v) is 7.42. The molecule has 0 aliphatic carbocycles. The van der Waals surface area contributed by atoms with Gasteiger partial charge in [0.15, 0.2) is 0 Å². The summed E-state index contributed by atoms with van der Waals surface area (Å²) < 4.78 is 14.2. The van der Waals surface area contributed by atoms with Crippen LogP contribution in [0.4, 0.5) is 10.1 Å². The van der Waals surface area contributed by atoms with E-state index in [1.165, 1.54) is 18.2 Å². The van der Waals surface area contributed by atoms with Crippen molar-refractivity contribution in [3.63, 3.8) is 0 Å². The minimum Gasteiger partial charge on any atom is -0.376 e.